The van der Waals surface area contributed by atoms with E-state index in [4.69, 9.17) is 5.11 Å². The number of likely N-dealkylation sites (tertiary alicyclic amines) is 1. The smallest absolute Gasteiger partial charge is 0.338 e. The lowest BCUT2D eigenvalue weighted by molar-refractivity contribution is 0.0688. The number of hydrogen-bond donors (Lipinski definition) is 2. The summed E-state index contributed by atoms with van der Waals surface area (Å²) in [7, 11) is 2.04. The average Bonchev–Trinajstić information content (AvgIpc) is 2.41. The fourth-order valence-electron chi connectivity index (χ4n) is 2.17. The van der Waals surface area contributed by atoms with Gasteiger partial charge in [0.15, 0.2) is 0 Å². The van der Waals surface area contributed by atoms with Crippen molar-refractivity contribution in [2.45, 2.75) is 18.9 Å². The highest BCUT2D eigenvalue weighted by Crippen LogP contribution is 2.11. The van der Waals surface area contributed by atoms with Gasteiger partial charge in [-0.3, -0.25) is 9.78 Å². The number of aromatic carboxylic acids is 1. The number of nitrogens with zero attached hydrogens (tertiary/aromatic N) is 2. The number of carbonyl (C=O) groups excluding carboxylic acids is 1. The van der Waals surface area contributed by atoms with Crippen molar-refractivity contribution in [2.75, 3.05) is 20.1 Å². The van der Waals surface area contributed by atoms with Gasteiger partial charge in [0.2, 0.25) is 0 Å². The molecule has 1 aliphatic rings. The third-order valence-corrected chi connectivity index (χ3v) is 3.31. The minimum atomic E-state index is -1.14. The molecule has 2 heterocycles. The van der Waals surface area contributed by atoms with Crippen molar-refractivity contribution in [3.05, 3.63) is 29.6 Å². The van der Waals surface area contributed by atoms with Crippen LogP contribution in [-0.4, -0.2) is 53.0 Å². The molecule has 2 N–H and O–H groups in total. The molecule has 6 heteroatoms. The maximum Gasteiger partial charge on any atom is 0.338 e. The van der Waals surface area contributed by atoms with E-state index >= 15 is 0 Å². The van der Waals surface area contributed by atoms with E-state index in [0.717, 1.165) is 25.9 Å². The first-order valence-corrected chi connectivity index (χ1v) is 6.25. The Hall–Kier alpha value is -1.95. The summed E-state index contributed by atoms with van der Waals surface area (Å²) in [4.78, 5) is 29.2. The second kappa shape index (κ2) is 5.79. The minimum absolute atomic E-state index is 0.0195. The zero-order chi connectivity index (χ0) is 13.8. The summed E-state index contributed by atoms with van der Waals surface area (Å²) in [6.07, 6.45) is 3.17. The van der Waals surface area contributed by atoms with E-state index in [1.807, 2.05) is 7.05 Å². The van der Waals surface area contributed by atoms with Crippen LogP contribution in [0.15, 0.2) is 18.3 Å². The average molecular weight is 263 g/mol. The van der Waals surface area contributed by atoms with Gasteiger partial charge >= 0.3 is 5.97 Å². The Morgan fingerprint density at radius 2 is 2.11 bits per heavy atom. The third kappa shape index (κ3) is 3.29. The van der Waals surface area contributed by atoms with Crippen LogP contribution in [0.5, 0.6) is 0 Å². The SMILES string of the molecule is CN1CCC(NC(=O)c2ncccc2C(=O)O)CC1. The molecule has 0 bridgehead atoms. The van der Waals surface area contributed by atoms with Gasteiger partial charge in [0.05, 0.1) is 5.56 Å². The van der Waals surface area contributed by atoms with Gasteiger partial charge < -0.3 is 15.3 Å². The number of nitrogens with one attached hydrogen (secondary N) is 1. The van der Waals surface area contributed by atoms with Gasteiger partial charge in [0.1, 0.15) is 5.69 Å². The topological polar surface area (TPSA) is 82.5 Å². The molecular weight excluding hydrogens is 246 g/mol. The monoisotopic (exact) mass is 263 g/mol. The molecule has 19 heavy (non-hydrogen) atoms. The number of carbonyl (C=O) groups is 2. The summed E-state index contributed by atoms with van der Waals surface area (Å²) < 4.78 is 0. The van der Waals surface area contributed by atoms with Crippen molar-refractivity contribution in [1.82, 2.24) is 15.2 Å². The lowest BCUT2D eigenvalue weighted by atomic mass is 10.0. The molecule has 1 aromatic heterocycles. The predicted molar refractivity (Wildman–Crippen MR) is 69.2 cm³/mol. The Labute approximate surface area is 111 Å². The molecule has 6 nitrogen and oxygen atoms in total. The highest BCUT2D eigenvalue weighted by Gasteiger charge is 2.22. The molecule has 1 fully saturated rings. The minimum Gasteiger partial charge on any atom is -0.478 e. The maximum absolute atomic E-state index is 12.1. The van der Waals surface area contributed by atoms with Gasteiger partial charge in [0, 0.05) is 12.2 Å². The largest absolute Gasteiger partial charge is 0.478 e. The van der Waals surface area contributed by atoms with Crippen molar-refractivity contribution < 1.29 is 14.7 Å². The van der Waals surface area contributed by atoms with E-state index in [1.165, 1.54) is 18.3 Å². The van der Waals surface area contributed by atoms with Crippen LogP contribution in [0.1, 0.15) is 33.7 Å². The zero-order valence-corrected chi connectivity index (χ0v) is 10.8. The van der Waals surface area contributed by atoms with E-state index in [2.05, 4.69) is 15.2 Å². The normalized spacial score (nSPS) is 17.1. The zero-order valence-electron chi connectivity index (χ0n) is 10.8. The molecule has 1 saturated heterocycles. The number of rotatable bonds is 3. The van der Waals surface area contributed by atoms with E-state index in [-0.39, 0.29) is 17.3 Å². The fraction of sp³-hybridized carbons (Fsp3) is 0.462. The molecule has 0 saturated carbocycles. The summed E-state index contributed by atoms with van der Waals surface area (Å²) >= 11 is 0. The summed E-state index contributed by atoms with van der Waals surface area (Å²) in [5.74, 6) is -1.55. The van der Waals surface area contributed by atoms with Crippen LogP contribution >= 0.6 is 0 Å². The lowest BCUT2D eigenvalue weighted by Crippen LogP contribution is -2.43. The molecular formula is C13H17N3O3. The van der Waals surface area contributed by atoms with Crippen LogP contribution in [0.4, 0.5) is 0 Å². The van der Waals surface area contributed by atoms with E-state index in [1.54, 1.807) is 0 Å². The van der Waals surface area contributed by atoms with Crippen LogP contribution in [0.25, 0.3) is 0 Å². The molecule has 1 amide bonds. The Kier molecular flexibility index (Phi) is 4.11. The number of pyridine rings is 1. The van der Waals surface area contributed by atoms with Crippen molar-refractivity contribution in [3.8, 4) is 0 Å². The quantitative estimate of drug-likeness (QED) is 0.834. The van der Waals surface area contributed by atoms with E-state index in [9.17, 15) is 9.59 Å². The third-order valence-electron chi connectivity index (χ3n) is 3.31. The molecule has 0 unspecified atom stereocenters. The first kappa shape index (κ1) is 13.5. The molecule has 0 spiro atoms. The fourth-order valence-corrected chi connectivity index (χ4v) is 2.17. The second-order valence-electron chi connectivity index (χ2n) is 4.76. The first-order chi connectivity index (χ1) is 9.08. The molecule has 0 radical (unpaired) electrons. The maximum atomic E-state index is 12.1. The van der Waals surface area contributed by atoms with Gasteiger partial charge in [-0.15, -0.1) is 0 Å². The molecule has 0 atom stereocenters. The second-order valence-corrected chi connectivity index (χ2v) is 4.76. The van der Waals surface area contributed by atoms with Gasteiger partial charge in [0.25, 0.3) is 5.91 Å². The Morgan fingerprint density at radius 1 is 1.42 bits per heavy atom. The molecule has 1 aliphatic heterocycles. The highest BCUT2D eigenvalue weighted by molar-refractivity contribution is 6.03. The van der Waals surface area contributed by atoms with Gasteiger partial charge in [-0.1, -0.05) is 0 Å². The Morgan fingerprint density at radius 3 is 2.74 bits per heavy atom. The standard InChI is InChI=1S/C13H17N3O3/c1-16-7-4-9(5-8-16)15-12(17)11-10(13(18)19)3-2-6-14-11/h2-3,6,9H,4-5,7-8H2,1H3,(H,15,17)(H,18,19). The summed E-state index contributed by atoms with van der Waals surface area (Å²) in [6, 6.07) is 2.99. The summed E-state index contributed by atoms with van der Waals surface area (Å²) in [6.45, 7) is 1.86. The number of piperidine rings is 1. The number of carboxylic acids is 1. The highest BCUT2D eigenvalue weighted by atomic mass is 16.4. The number of amides is 1. The molecule has 102 valence electrons. The van der Waals surface area contributed by atoms with Crippen LogP contribution in [0, 0.1) is 0 Å². The van der Waals surface area contributed by atoms with Gasteiger partial charge in [-0.05, 0) is 45.1 Å². The van der Waals surface area contributed by atoms with E-state index in [0.29, 0.717) is 0 Å². The first-order valence-electron chi connectivity index (χ1n) is 6.25. The van der Waals surface area contributed by atoms with Crippen LogP contribution in [0.3, 0.4) is 0 Å². The summed E-state index contributed by atoms with van der Waals surface area (Å²) in [5.41, 5.74) is -0.0816. The molecule has 1 aromatic rings. The number of hydrogen-bond acceptors (Lipinski definition) is 4. The van der Waals surface area contributed by atoms with Crippen molar-refractivity contribution in [2.24, 2.45) is 0 Å². The Bertz CT molecular complexity index is 482. The summed E-state index contributed by atoms with van der Waals surface area (Å²) in [5, 5.41) is 11.9. The van der Waals surface area contributed by atoms with Crippen LogP contribution in [0.2, 0.25) is 0 Å². The van der Waals surface area contributed by atoms with Crippen molar-refractivity contribution in [3.63, 3.8) is 0 Å². The molecule has 0 aliphatic carbocycles. The lowest BCUT2D eigenvalue weighted by Gasteiger charge is -2.29. The van der Waals surface area contributed by atoms with Crippen molar-refractivity contribution in [1.29, 1.82) is 0 Å². The van der Waals surface area contributed by atoms with Crippen molar-refractivity contribution >= 4 is 11.9 Å². The van der Waals surface area contributed by atoms with Crippen LogP contribution < -0.4 is 5.32 Å². The van der Waals surface area contributed by atoms with E-state index < -0.39 is 11.9 Å². The van der Waals surface area contributed by atoms with Crippen LogP contribution in [-0.2, 0) is 0 Å². The number of carboxylic acid groups (broad SMARTS) is 1. The van der Waals surface area contributed by atoms with Gasteiger partial charge in [-0.2, -0.15) is 0 Å². The van der Waals surface area contributed by atoms with Gasteiger partial charge in [-0.25, -0.2) is 4.79 Å². The molecule has 0 aromatic carbocycles. The molecule has 2 rings (SSSR count). The number of aromatic nitrogens is 1. The predicted octanol–water partition coefficient (Wildman–Crippen LogP) is 0.604. The Balaban J connectivity index is 2.06.